The Bertz CT molecular complexity index is 809. The Balaban J connectivity index is 2.06. The third-order valence-electron chi connectivity index (χ3n) is 2.93. The Morgan fingerprint density at radius 3 is 2.65 bits per heavy atom. The van der Waals surface area contributed by atoms with Gasteiger partial charge in [-0.1, -0.05) is 6.07 Å². The standard InChI is InChI=1S/C15H10F2N2O/c16-9-2-1-3-11(6-9)18-8-13-12-7-10(17)4-5-14(12)19-15(13)20/h1-8,19-20H. The fourth-order valence-corrected chi connectivity index (χ4v) is 2.00. The lowest BCUT2D eigenvalue weighted by Crippen LogP contribution is -1.80. The average Bonchev–Trinajstić information content (AvgIpc) is 2.72. The van der Waals surface area contributed by atoms with Gasteiger partial charge in [0.1, 0.15) is 11.6 Å². The Hall–Kier alpha value is -2.69. The van der Waals surface area contributed by atoms with Crippen molar-refractivity contribution in [3.63, 3.8) is 0 Å². The molecule has 0 fully saturated rings. The van der Waals surface area contributed by atoms with Crippen molar-refractivity contribution in [2.75, 3.05) is 0 Å². The van der Waals surface area contributed by atoms with Crippen LogP contribution in [-0.2, 0) is 0 Å². The van der Waals surface area contributed by atoms with Gasteiger partial charge in [0, 0.05) is 17.1 Å². The highest BCUT2D eigenvalue weighted by atomic mass is 19.1. The van der Waals surface area contributed by atoms with Crippen molar-refractivity contribution in [2.24, 2.45) is 4.99 Å². The molecule has 0 saturated heterocycles. The molecule has 5 heteroatoms. The van der Waals surface area contributed by atoms with Crippen molar-refractivity contribution in [3.8, 4) is 5.88 Å². The van der Waals surface area contributed by atoms with E-state index in [4.69, 9.17) is 0 Å². The molecule has 0 unspecified atom stereocenters. The highest BCUT2D eigenvalue weighted by molar-refractivity contribution is 6.02. The van der Waals surface area contributed by atoms with Crippen molar-refractivity contribution < 1.29 is 13.9 Å². The van der Waals surface area contributed by atoms with Crippen LogP contribution in [0.2, 0.25) is 0 Å². The molecule has 1 aromatic heterocycles. The minimum Gasteiger partial charge on any atom is -0.494 e. The molecule has 20 heavy (non-hydrogen) atoms. The highest BCUT2D eigenvalue weighted by Crippen LogP contribution is 2.27. The average molecular weight is 272 g/mol. The van der Waals surface area contributed by atoms with Crippen molar-refractivity contribution in [3.05, 3.63) is 59.7 Å². The molecule has 0 atom stereocenters. The molecule has 0 spiro atoms. The van der Waals surface area contributed by atoms with Gasteiger partial charge in [-0.25, -0.2) is 8.78 Å². The van der Waals surface area contributed by atoms with Crippen molar-refractivity contribution in [2.45, 2.75) is 0 Å². The maximum Gasteiger partial charge on any atom is 0.198 e. The molecule has 0 bridgehead atoms. The lowest BCUT2D eigenvalue weighted by Gasteiger charge is -1.95. The van der Waals surface area contributed by atoms with Crippen LogP contribution in [0.25, 0.3) is 10.9 Å². The number of hydrogen-bond acceptors (Lipinski definition) is 2. The summed E-state index contributed by atoms with van der Waals surface area (Å²) in [6.45, 7) is 0. The van der Waals surface area contributed by atoms with Gasteiger partial charge < -0.3 is 10.1 Å². The van der Waals surface area contributed by atoms with Crippen molar-refractivity contribution in [1.29, 1.82) is 0 Å². The maximum absolute atomic E-state index is 13.3. The molecular formula is C15H10F2N2O. The number of aromatic nitrogens is 1. The lowest BCUT2D eigenvalue weighted by molar-refractivity contribution is 0.457. The second-order valence-corrected chi connectivity index (χ2v) is 4.32. The summed E-state index contributed by atoms with van der Waals surface area (Å²) in [5, 5.41) is 10.3. The molecule has 0 saturated carbocycles. The zero-order chi connectivity index (χ0) is 14.1. The topological polar surface area (TPSA) is 48.4 Å². The van der Waals surface area contributed by atoms with Crippen LogP contribution in [0, 0.1) is 11.6 Å². The number of H-pyrrole nitrogens is 1. The normalized spacial score (nSPS) is 11.5. The van der Waals surface area contributed by atoms with Crippen LogP contribution in [0.15, 0.2) is 47.5 Å². The monoisotopic (exact) mass is 272 g/mol. The SMILES string of the molecule is Oc1[nH]c2ccc(F)cc2c1C=Nc1cccc(F)c1. The van der Waals surface area contributed by atoms with Crippen LogP contribution in [0.5, 0.6) is 5.88 Å². The number of rotatable bonds is 2. The van der Waals surface area contributed by atoms with Gasteiger partial charge in [-0.15, -0.1) is 0 Å². The van der Waals surface area contributed by atoms with E-state index >= 15 is 0 Å². The number of aromatic hydroxyl groups is 1. The molecule has 3 rings (SSSR count). The van der Waals surface area contributed by atoms with E-state index in [0.29, 0.717) is 22.2 Å². The summed E-state index contributed by atoms with van der Waals surface area (Å²) in [6, 6.07) is 9.89. The van der Waals surface area contributed by atoms with Crippen LogP contribution >= 0.6 is 0 Å². The smallest absolute Gasteiger partial charge is 0.198 e. The van der Waals surface area contributed by atoms with Gasteiger partial charge in [-0.2, -0.15) is 0 Å². The molecule has 0 aliphatic heterocycles. The van der Waals surface area contributed by atoms with E-state index in [-0.39, 0.29) is 5.88 Å². The summed E-state index contributed by atoms with van der Waals surface area (Å²) < 4.78 is 26.3. The predicted molar refractivity (Wildman–Crippen MR) is 73.6 cm³/mol. The quantitative estimate of drug-likeness (QED) is 0.683. The number of aliphatic imine (C=N–C) groups is 1. The van der Waals surface area contributed by atoms with E-state index in [9.17, 15) is 13.9 Å². The Labute approximate surface area is 113 Å². The summed E-state index contributed by atoms with van der Waals surface area (Å²) in [6.07, 6.45) is 1.38. The van der Waals surface area contributed by atoms with Crippen molar-refractivity contribution >= 4 is 22.8 Å². The molecule has 1 heterocycles. The van der Waals surface area contributed by atoms with Crippen LogP contribution in [0.4, 0.5) is 14.5 Å². The van der Waals surface area contributed by atoms with Gasteiger partial charge in [0.2, 0.25) is 0 Å². The van der Waals surface area contributed by atoms with E-state index in [0.717, 1.165) is 0 Å². The van der Waals surface area contributed by atoms with Gasteiger partial charge in [-0.05, 0) is 36.4 Å². The number of aromatic amines is 1. The molecule has 0 aliphatic rings. The molecule has 2 aromatic carbocycles. The Morgan fingerprint density at radius 1 is 1.05 bits per heavy atom. The van der Waals surface area contributed by atoms with E-state index in [2.05, 4.69) is 9.98 Å². The number of nitrogens with zero attached hydrogens (tertiary/aromatic N) is 1. The summed E-state index contributed by atoms with van der Waals surface area (Å²) in [7, 11) is 0. The predicted octanol–water partition coefficient (Wildman–Crippen LogP) is 3.90. The molecule has 100 valence electrons. The van der Waals surface area contributed by atoms with Crippen molar-refractivity contribution in [1.82, 2.24) is 4.98 Å². The Morgan fingerprint density at radius 2 is 1.85 bits per heavy atom. The molecule has 0 radical (unpaired) electrons. The minimum absolute atomic E-state index is 0.106. The first-order chi connectivity index (χ1) is 9.63. The summed E-state index contributed by atoms with van der Waals surface area (Å²) >= 11 is 0. The third-order valence-corrected chi connectivity index (χ3v) is 2.93. The van der Waals surface area contributed by atoms with Crippen LogP contribution in [-0.4, -0.2) is 16.3 Å². The highest BCUT2D eigenvalue weighted by Gasteiger charge is 2.09. The fourth-order valence-electron chi connectivity index (χ4n) is 2.00. The molecule has 0 aliphatic carbocycles. The number of benzene rings is 2. The fraction of sp³-hybridized carbons (Fsp3) is 0. The van der Waals surface area contributed by atoms with Crippen LogP contribution in [0.3, 0.4) is 0 Å². The third kappa shape index (κ3) is 2.25. The lowest BCUT2D eigenvalue weighted by atomic mass is 10.2. The van der Waals surface area contributed by atoms with E-state index in [1.165, 1.54) is 42.6 Å². The summed E-state index contributed by atoms with van der Waals surface area (Å²) in [4.78, 5) is 6.81. The second-order valence-electron chi connectivity index (χ2n) is 4.32. The van der Waals surface area contributed by atoms with Gasteiger partial charge in [0.15, 0.2) is 5.88 Å². The number of halogens is 2. The van der Waals surface area contributed by atoms with Gasteiger partial charge in [0.05, 0.1) is 11.3 Å². The zero-order valence-electron chi connectivity index (χ0n) is 10.3. The molecule has 3 nitrogen and oxygen atoms in total. The van der Waals surface area contributed by atoms with Crippen LogP contribution < -0.4 is 0 Å². The van der Waals surface area contributed by atoms with E-state index in [1.807, 2.05) is 0 Å². The maximum atomic E-state index is 13.3. The number of hydrogen-bond donors (Lipinski definition) is 2. The van der Waals surface area contributed by atoms with Crippen LogP contribution in [0.1, 0.15) is 5.56 Å². The van der Waals surface area contributed by atoms with Gasteiger partial charge in [-0.3, -0.25) is 4.99 Å². The second kappa shape index (κ2) is 4.77. The van der Waals surface area contributed by atoms with Gasteiger partial charge in [0.25, 0.3) is 0 Å². The number of fused-ring (bicyclic) bond motifs is 1. The van der Waals surface area contributed by atoms with E-state index in [1.54, 1.807) is 6.07 Å². The molecule has 0 amide bonds. The first-order valence-corrected chi connectivity index (χ1v) is 5.93. The van der Waals surface area contributed by atoms with Gasteiger partial charge >= 0.3 is 0 Å². The van der Waals surface area contributed by atoms with E-state index < -0.39 is 11.6 Å². The molecule has 3 aromatic rings. The first-order valence-electron chi connectivity index (χ1n) is 5.93. The molecular weight excluding hydrogens is 262 g/mol. The largest absolute Gasteiger partial charge is 0.494 e. The Kier molecular flexibility index (Phi) is 2.95. The number of nitrogens with one attached hydrogen (secondary N) is 1. The minimum atomic E-state index is -0.406. The zero-order valence-corrected chi connectivity index (χ0v) is 10.3. The summed E-state index contributed by atoms with van der Waals surface area (Å²) in [5.74, 6) is -0.906. The molecule has 2 N–H and O–H groups in total. The summed E-state index contributed by atoms with van der Waals surface area (Å²) in [5.41, 5.74) is 1.38. The first kappa shape index (κ1) is 12.3.